The zero-order valence-corrected chi connectivity index (χ0v) is 21.4. The maximum atomic E-state index is 13.5. The fourth-order valence-electron chi connectivity index (χ4n) is 4.81. The summed E-state index contributed by atoms with van der Waals surface area (Å²) in [5, 5.41) is 10.9. The van der Waals surface area contributed by atoms with E-state index >= 15 is 0 Å². The van der Waals surface area contributed by atoms with Crippen LogP contribution in [-0.4, -0.2) is 62.1 Å². The summed E-state index contributed by atoms with van der Waals surface area (Å²) >= 11 is 7.00. The molecule has 188 valence electrons. The molecule has 2 N–H and O–H groups in total. The van der Waals surface area contributed by atoms with Crippen LogP contribution in [0, 0.1) is 0 Å². The van der Waals surface area contributed by atoms with E-state index in [9.17, 15) is 23.1 Å². The molecule has 0 spiro atoms. The van der Waals surface area contributed by atoms with E-state index in [1.54, 1.807) is 65.6 Å². The zero-order valence-electron chi connectivity index (χ0n) is 19.0. The van der Waals surface area contributed by atoms with Crippen LogP contribution in [0.1, 0.15) is 12.0 Å². The minimum absolute atomic E-state index is 0.00406. The fraction of sp³-hybridized carbons (Fsp3) is 0.280. The van der Waals surface area contributed by atoms with E-state index < -0.39 is 26.9 Å². The Kier molecular flexibility index (Phi) is 6.42. The van der Waals surface area contributed by atoms with Gasteiger partial charge in [0.05, 0.1) is 6.61 Å². The van der Waals surface area contributed by atoms with Crippen LogP contribution in [0.3, 0.4) is 0 Å². The van der Waals surface area contributed by atoms with E-state index in [-0.39, 0.29) is 29.7 Å². The van der Waals surface area contributed by atoms with Gasteiger partial charge in [-0.3, -0.25) is 9.59 Å². The number of rotatable bonds is 8. The summed E-state index contributed by atoms with van der Waals surface area (Å²) in [6.07, 6.45) is 0.0125. The Balaban J connectivity index is 1.49. The number of halogens is 1. The maximum Gasteiger partial charge on any atom is 0.325 e. The van der Waals surface area contributed by atoms with Gasteiger partial charge >= 0.3 is 5.97 Å². The number of thiophene rings is 1. The number of hydrogen-bond acceptors (Lipinski definition) is 6. The van der Waals surface area contributed by atoms with Crippen molar-refractivity contribution in [3.05, 3.63) is 77.3 Å². The smallest absolute Gasteiger partial charge is 0.325 e. The van der Waals surface area contributed by atoms with Gasteiger partial charge in [-0.25, -0.2) is 8.42 Å². The molecule has 1 aromatic heterocycles. The van der Waals surface area contributed by atoms with E-state index in [2.05, 4.69) is 4.72 Å². The average molecular weight is 547 g/mol. The van der Waals surface area contributed by atoms with Crippen molar-refractivity contribution in [1.82, 2.24) is 9.62 Å². The van der Waals surface area contributed by atoms with E-state index in [0.717, 1.165) is 16.9 Å². The third-order valence-electron chi connectivity index (χ3n) is 6.78. The molecule has 3 aromatic rings. The second kappa shape index (κ2) is 9.28. The molecule has 1 amide bonds. The average Bonchev–Trinajstić information content (AvgIpc) is 3.23. The van der Waals surface area contributed by atoms with Crippen molar-refractivity contribution < 1.29 is 27.9 Å². The van der Waals surface area contributed by atoms with Gasteiger partial charge in [-0.15, -0.1) is 11.3 Å². The van der Waals surface area contributed by atoms with E-state index in [0.29, 0.717) is 28.6 Å². The standard InChI is InChI=1S/C25H23ClN2O6S2/c26-19-8-6-17(7-9-19)20-10-11-22(35-20)36(32,33)27-25(23(30)31)15-24(25,18-4-2-1-3-5-18)16-28-12-13-34-14-21(28)29/h1-11,27H,12-16H2,(H,30,31). The summed E-state index contributed by atoms with van der Waals surface area (Å²) in [7, 11) is -4.20. The van der Waals surface area contributed by atoms with Gasteiger partial charge in [0.2, 0.25) is 5.91 Å². The van der Waals surface area contributed by atoms with Crippen molar-refractivity contribution in [3.8, 4) is 10.4 Å². The van der Waals surface area contributed by atoms with E-state index in [1.165, 1.54) is 6.07 Å². The molecule has 11 heteroatoms. The first-order valence-corrected chi connectivity index (χ1v) is 13.9. The second-order valence-electron chi connectivity index (χ2n) is 8.93. The minimum atomic E-state index is -4.20. The van der Waals surface area contributed by atoms with Gasteiger partial charge < -0.3 is 14.7 Å². The molecule has 1 aliphatic heterocycles. The fourth-order valence-corrected chi connectivity index (χ4v) is 7.67. The molecule has 2 aliphatic rings. The number of aliphatic carboxylic acids is 1. The highest BCUT2D eigenvalue weighted by Crippen LogP contribution is 2.59. The van der Waals surface area contributed by atoms with E-state index in [4.69, 9.17) is 16.3 Å². The molecule has 36 heavy (non-hydrogen) atoms. The summed E-state index contributed by atoms with van der Waals surface area (Å²) in [5.41, 5.74) is -1.48. The molecule has 1 saturated heterocycles. The Morgan fingerprint density at radius 1 is 1.11 bits per heavy atom. The lowest BCUT2D eigenvalue weighted by Crippen LogP contribution is -2.53. The van der Waals surface area contributed by atoms with Gasteiger partial charge in [0.1, 0.15) is 16.4 Å². The van der Waals surface area contributed by atoms with Crippen molar-refractivity contribution >= 4 is 44.8 Å². The summed E-state index contributed by atoms with van der Waals surface area (Å²) in [6, 6.07) is 19.0. The van der Waals surface area contributed by atoms with Gasteiger partial charge in [0.25, 0.3) is 10.0 Å². The van der Waals surface area contributed by atoms with Gasteiger partial charge in [0, 0.05) is 28.4 Å². The Labute approximate surface area is 217 Å². The molecular formula is C25H23ClN2O6S2. The van der Waals surface area contributed by atoms with Crippen LogP contribution in [0.4, 0.5) is 0 Å². The largest absolute Gasteiger partial charge is 0.480 e. The Hall–Kier alpha value is -2.76. The van der Waals surface area contributed by atoms with Gasteiger partial charge in [-0.1, -0.05) is 54.1 Å². The normalized spacial score (nSPS) is 24.0. The lowest BCUT2D eigenvalue weighted by atomic mass is 9.89. The highest BCUT2D eigenvalue weighted by atomic mass is 35.5. The predicted octanol–water partition coefficient (Wildman–Crippen LogP) is 3.37. The van der Waals surface area contributed by atoms with E-state index in [1.807, 2.05) is 0 Å². The van der Waals surface area contributed by atoms with Crippen molar-refractivity contribution in [2.24, 2.45) is 0 Å². The number of amides is 1. The number of carbonyl (C=O) groups excluding carboxylic acids is 1. The highest BCUT2D eigenvalue weighted by molar-refractivity contribution is 7.91. The number of nitrogens with one attached hydrogen (secondary N) is 1. The lowest BCUT2D eigenvalue weighted by molar-refractivity contribution is -0.145. The van der Waals surface area contributed by atoms with Crippen molar-refractivity contribution in [2.75, 3.05) is 26.3 Å². The summed E-state index contributed by atoms with van der Waals surface area (Å²) in [5.74, 6) is -1.54. The highest BCUT2D eigenvalue weighted by Gasteiger charge is 2.75. The number of carboxylic acids is 1. The minimum Gasteiger partial charge on any atom is -0.480 e. The van der Waals surface area contributed by atoms with Crippen molar-refractivity contribution in [1.29, 1.82) is 0 Å². The molecule has 8 nitrogen and oxygen atoms in total. The van der Waals surface area contributed by atoms with Gasteiger partial charge in [-0.05, 0) is 41.8 Å². The van der Waals surface area contributed by atoms with Gasteiger partial charge in [-0.2, -0.15) is 4.72 Å². The van der Waals surface area contributed by atoms with Crippen LogP contribution in [0.15, 0.2) is 70.9 Å². The number of carbonyl (C=O) groups is 2. The first-order valence-electron chi connectivity index (χ1n) is 11.2. The molecule has 1 saturated carbocycles. The zero-order chi connectivity index (χ0) is 25.6. The van der Waals surface area contributed by atoms with Crippen LogP contribution in [0.5, 0.6) is 0 Å². The molecular weight excluding hydrogens is 524 g/mol. The monoisotopic (exact) mass is 546 g/mol. The Bertz CT molecular complexity index is 1410. The molecule has 1 aliphatic carbocycles. The number of benzene rings is 2. The number of hydrogen-bond donors (Lipinski definition) is 2. The number of carboxylic acid groups (broad SMARTS) is 1. The molecule has 5 rings (SSSR count). The number of ether oxygens (including phenoxy) is 1. The SMILES string of the molecule is O=C1COCCN1CC1(c2ccccc2)CC1(NS(=O)(=O)c1ccc(-c2ccc(Cl)cc2)s1)C(=O)O. The number of morpholine rings is 1. The molecule has 2 fully saturated rings. The molecule has 2 heterocycles. The van der Waals surface area contributed by atoms with Crippen molar-refractivity contribution in [2.45, 2.75) is 21.6 Å². The topological polar surface area (TPSA) is 113 Å². The Morgan fingerprint density at radius 3 is 2.50 bits per heavy atom. The van der Waals surface area contributed by atoms with Crippen LogP contribution in [0.2, 0.25) is 5.02 Å². The number of nitrogens with zero attached hydrogens (tertiary/aromatic N) is 1. The molecule has 2 aromatic carbocycles. The van der Waals surface area contributed by atoms with Crippen molar-refractivity contribution in [3.63, 3.8) is 0 Å². The molecule has 0 bridgehead atoms. The van der Waals surface area contributed by atoms with Crippen LogP contribution >= 0.6 is 22.9 Å². The molecule has 2 unspecified atom stereocenters. The molecule has 0 radical (unpaired) electrons. The Morgan fingerprint density at radius 2 is 1.83 bits per heavy atom. The molecule has 2 atom stereocenters. The predicted molar refractivity (Wildman–Crippen MR) is 136 cm³/mol. The first-order chi connectivity index (χ1) is 17.2. The quantitative estimate of drug-likeness (QED) is 0.448. The summed E-state index contributed by atoms with van der Waals surface area (Å²) in [4.78, 5) is 27.4. The summed E-state index contributed by atoms with van der Waals surface area (Å²) < 4.78 is 34.7. The third kappa shape index (κ3) is 4.33. The number of sulfonamides is 1. The van der Waals surface area contributed by atoms with Gasteiger partial charge in [0.15, 0.2) is 0 Å². The maximum absolute atomic E-state index is 13.5. The lowest BCUT2D eigenvalue weighted by Gasteiger charge is -2.33. The van der Waals surface area contributed by atoms with Crippen LogP contribution in [0.25, 0.3) is 10.4 Å². The van der Waals surface area contributed by atoms with Crippen LogP contribution < -0.4 is 4.72 Å². The first kappa shape index (κ1) is 24.9. The second-order valence-corrected chi connectivity index (χ2v) is 12.4. The van der Waals surface area contributed by atoms with Crippen LogP contribution in [-0.2, 0) is 29.8 Å². The third-order valence-corrected chi connectivity index (χ3v) is 10.2. The summed E-state index contributed by atoms with van der Waals surface area (Å²) in [6.45, 7) is 0.629.